The summed E-state index contributed by atoms with van der Waals surface area (Å²) >= 11 is 9.43. The molecule has 4 nitrogen and oxygen atoms in total. The van der Waals surface area contributed by atoms with E-state index in [1.54, 1.807) is 30.0 Å². The monoisotopic (exact) mass is 373 g/mol. The SMILES string of the molecule is CCOC(=O)C1CCN(C(=O)c2ccc(Br)cc2Cl)CC1. The van der Waals surface area contributed by atoms with Gasteiger partial charge in [-0.25, -0.2) is 0 Å². The van der Waals surface area contributed by atoms with Crippen LogP contribution < -0.4 is 0 Å². The molecule has 1 aromatic rings. The Morgan fingerprint density at radius 3 is 2.62 bits per heavy atom. The van der Waals surface area contributed by atoms with Crippen LogP contribution in [-0.4, -0.2) is 36.5 Å². The van der Waals surface area contributed by atoms with Crippen molar-refractivity contribution in [1.82, 2.24) is 4.90 Å². The molecule has 6 heteroatoms. The van der Waals surface area contributed by atoms with Gasteiger partial charge in [-0.3, -0.25) is 9.59 Å². The van der Waals surface area contributed by atoms with E-state index in [1.165, 1.54) is 0 Å². The van der Waals surface area contributed by atoms with Gasteiger partial charge in [0, 0.05) is 17.6 Å². The van der Waals surface area contributed by atoms with Gasteiger partial charge in [0.25, 0.3) is 5.91 Å². The molecule has 1 aliphatic heterocycles. The molecule has 114 valence electrons. The lowest BCUT2D eigenvalue weighted by molar-refractivity contribution is -0.149. The van der Waals surface area contributed by atoms with Crippen LogP contribution in [0.25, 0.3) is 0 Å². The second kappa shape index (κ2) is 7.27. The molecule has 1 saturated heterocycles. The predicted molar refractivity (Wildman–Crippen MR) is 84.4 cm³/mol. The number of amides is 1. The van der Waals surface area contributed by atoms with Gasteiger partial charge in [0.2, 0.25) is 0 Å². The fraction of sp³-hybridized carbons (Fsp3) is 0.467. The van der Waals surface area contributed by atoms with E-state index in [0.717, 1.165) is 4.47 Å². The normalized spacial score (nSPS) is 15.9. The minimum absolute atomic E-state index is 0.0881. The highest BCUT2D eigenvalue weighted by Crippen LogP contribution is 2.25. The maximum atomic E-state index is 12.4. The van der Waals surface area contributed by atoms with Crippen LogP contribution in [0.15, 0.2) is 22.7 Å². The molecule has 0 N–H and O–H groups in total. The summed E-state index contributed by atoms with van der Waals surface area (Å²) in [6.45, 7) is 3.29. The fourth-order valence-corrected chi connectivity index (χ4v) is 3.17. The summed E-state index contributed by atoms with van der Waals surface area (Å²) in [5, 5.41) is 0.432. The Bertz CT molecular complexity index is 542. The van der Waals surface area contributed by atoms with Crippen molar-refractivity contribution in [2.75, 3.05) is 19.7 Å². The van der Waals surface area contributed by atoms with Gasteiger partial charge in [-0.15, -0.1) is 0 Å². The molecule has 21 heavy (non-hydrogen) atoms. The summed E-state index contributed by atoms with van der Waals surface area (Å²) < 4.78 is 5.86. The van der Waals surface area contributed by atoms with Gasteiger partial charge in [-0.2, -0.15) is 0 Å². The van der Waals surface area contributed by atoms with Crippen molar-refractivity contribution in [3.63, 3.8) is 0 Å². The third kappa shape index (κ3) is 3.98. The quantitative estimate of drug-likeness (QED) is 0.761. The summed E-state index contributed by atoms with van der Waals surface area (Å²) in [5.41, 5.74) is 0.495. The summed E-state index contributed by atoms with van der Waals surface area (Å²) in [6.07, 6.45) is 1.28. The lowest BCUT2D eigenvalue weighted by atomic mass is 9.96. The summed E-state index contributed by atoms with van der Waals surface area (Å²) in [6, 6.07) is 5.22. The zero-order chi connectivity index (χ0) is 15.4. The lowest BCUT2D eigenvalue weighted by Crippen LogP contribution is -2.40. The van der Waals surface area contributed by atoms with Gasteiger partial charge in [-0.1, -0.05) is 27.5 Å². The number of halogens is 2. The maximum Gasteiger partial charge on any atom is 0.309 e. The molecule has 0 aromatic heterocycles. The number of hydrogen-bond donors (Lipinski definition) is 0. The Kier molecular flexibility index (Phi) is 5.65. The Hall–Kier alpha value is -1.07. The molecule has 1 fully saturated rings. The summed E-state index contributed by atoms with van der Waals surface area (Å²) in [4.78, 5) is 25.9. The molecule has 0 aliphatic carbocycles. The third-order valence-corrected chi connectivity index (χ3v) is 4.37. The minimum atomic E-state index is -0.161. The Balaban J connectivity index is 1.98. The largest absolute Gasteiger partial charge is 0.466 e. The van der Waals surface area contributed by atoms with Crippen LogP contribution in [0.2, 0.25) is 5.02 Å². The Morgan fingerprint density at radius 2 is 2.05 bits per heavy atom. The number of carbonyl (C=O) groups is 2. The number of piperidine rings is 1. The van der Waals surface area contributed by atoms with E-state index >= 15 is 0 Å². The number of esters is 1. The van der Waals surface area contributed by atoms with Crippen LogP contribution in [0.1, 0.15) is 30.1 Å². The molecule has 0 atom stereocenters. The van der Waals surface area contributed by atoms with Crippen LogP contribution in [0.5, 0.6) is 0 Å². The molecular weight excluding hydrogens is 358 g/mol. The average Bonchev–Trinajstić information content (AvgIpc) is 2.47. The topological polar surface area (TPSA) is 46.6 Å². The molecule has 0 unspecified atom stereocenters. The smallest absolute Gasteiger partial charge is 0.309 e. The van der Waals surface area contributed by atoms with E-state index in [0.29, 0.717) is 43.1 Å². The molecule has 0 bridgehead atoms. The number of carbonyl (C=O) groups excluding carboxylic acids is 2. The molecule has 1 aromatic carbocycles. The number of benzene rings is 1. The van der Waals surface area contributed by atoms with Crippen LogP contribution in [0, 0.1) is 5.92 Å². The molecule has 1 aliphatic rings. The molecular formula is C15H17BrClNO3. The maximum absolute atomic E-state index is 12.4. The van der Waals surface area contributed by atoms with Gasteiger partial charge in [0.1, 0.15) is 0 Å². The molecule has 1 heterocycles. The minimum Gasteiger partial charge on any atom is -0.466 e. The van der Waals surface area contributed by atoms with Crippen molar-refractivity contribution in [1.29, 1.82) is 0 Å². The van der Waals surface area contributed by atoms with Crippen molar-refractivity contribution in [2.24, 2.45) is 5.92 Å². The van der Waals surface area contributed by atoms with E-state index in [9.17, 15) is 9.59 Å². The van der Waals surface area contributed by atoms with Gasteiger partial charge < -0.3 is 9.64 Å². The highest BCUT2D eigenvalue weighted by Gasteiger charge is 2.29. The zero-order valence-electron chi connectivity index (χ0n) is 11.8. The molecule has 2 rings (SSSR count). The van der Waals surface area contributed by atoms with E-state index < -0.39 is 0 Å². The molecule has 0 radical (unpaired) electrons. The second-order valence-corrected chi connectivity index (χ2v) is 6.27. The highest BCUT2D eigenvalue weighted by molar-refractivity contribution is 9.10. The summed E-state index contributed by atoms with van der Waals surface area (Å²) in [5.74, 6) is -0.351. The molecule has 1 amide bonds. The van der Waals surface area contributed by atoms with Crippen molar-refractivity contribution in [2.45, 2.75) is 19.8 Å². The Morgan fingerprint density at radius 1 is 1.38 bits per heavy atom. The van der Waals surface area contributed by atoms with Crippen molar-refractivity contribution in [3.8, 4) is 0 Å². The van der Waals surface area contributed by atoms with Crippen LogP contribution >= 0.6 is 27.5 Å². The van der Waals surface area contributed by atoms with Gasteiger partial charge in [0.15, 0.2) is 0 Å². The third-order valence-electron chi connectivity index (χ3n) is 3.56. The van der Waals surface area contributed by atoms with Crippen LogP contribution in [0.3, 0.4) is 0 Å². The lowest BCUT2D eigenvalue weighted by Gasteiger charge is -2.31. The number of rotatable bonds is 3. The van der Waals surface area contributed by atoms with E-state index in [1.807, 2.05) is 0 Å². The van der Waals surface area contributed by atoms with Crippen molar-refractivity contribution < 1.29 is 14.3 Å². The predicted octanol–water partition coefficient (Wildman–Crippen LogP) is 3.52. The number of likely N-dealkylation sites (tertiary alicyclic amines) is 1. The standard InChI is InChI=1S/C15H17BrClNO3/c1-2-21-15(20)10-5-7-18(8-6-10)14(19)12-4-3-11(16)9-13(12)17/h3-4,9-10H,2,5-8H2,1H3. The van der Waals surface area contributed by atoms with E-state index in [-0.39, 0.29) is 17.8 Å². The molecule has 0 spiro atoms. The summed E-state index contributed by atoms with van der Waals surface area (Å²) in [7, 11) is 0. The van der Waals surface area contributed by atoms with Crippen LogP contribution in [-0.2, 0) is 9.53 Å². The fourth-order valence-electron chi connectivity index (χ4n) is 2.41. The highest BCUT2D eigenvalue weighted by atomic mass is 79.9. The average molecular weight is 375 g/mol. The van der Waals surface area contributed by atoms with Gasteiger partial charge in [-0.05, 0) is 38.0 Å². The van der Waals surface area contributed by atoms with Gasteiger partial charge >= 0.3 is 5.97 Å². The second-order valence-electron chi connectivity index (χ2n) is 4.94. The molecule has 0 saturated carbocycles. The number of ether oxygens (including phenoxy) is 1. The first kappa shape index (κ1) is 16.3. The number of hydrogen-bond acceptors (Lipinski definition) is 3. The number of nitrogens with zero attached hydrogens (tertiary/aromatic N) is 1. The first-order valence-corrected chi connectivity index (χ1v) is 8.11. The first-order valence-electron chi connectivity index (χ1n) is 6.94. The van der Waals surface area contributed by atoms with Crippen molar-refractivity contribution >= 4 is 39.4 Å². The van der Waals surface area contributed by atoms with Gasteiger partial charge in [0.05, 0.1) is 23.1 Å². The van der Waals surface area contributed by atoms with E-state index in [4.69, 9.17) is 16.3 Å². The Labute approximate surface area is 137 Å². The van der Waals surface area contributed by atoms with E-state index in [2.05, 4.69) is 15.9 Å². The van der Waals surface area contributed by atoms with Crippen molar-refractivity contribution in [3.05, 3.63) is 33.3 Å². The zero-order valence-corrected chi connectivity index (χ0v) is 14.1. The first-order chi connectivity index (χ1) is 10.0. The van der Waals surface area contributed by atoms with Crippen LogP contribution in [0.4, 0.5) is 0 Å².